The lowest BCUT2D eigenvalue weighted by atomic mass is 10.2. The van der Waals surface area contributed by atoms with Crippen molar-refractivity contribution in [2.24, 2.45) is 0 Å². The number of aryl methyl sites for hydroxylation is 2. The topological polar surface area (TPSA) is 120 Å². The minimum absolute atomic E-state index is 0.122. The fourth-order valence-electron chi connectivity index (χ4n) is 2.74. The molecular weight excluding hydrogens is 398 g/mol. The first kappa shape index (κ1) is 19.7. The molecule has 3 rings (SSSR count). The number of hydrogen-bond acceptors (Lipinski definition) is 7. The van der Waals surface area contributed by atoms with E-state index in [4.69, 9.17) is 4.74 Å². The minimum Gasteiger partial charge on any atom is -0.477 e. The Bertz CT molecular complexity index is 1030. The third-order valence-electron chi connectivity index (χ3n) is 3.88. The van der Waals surface area contributed by atoms with Crippen LogP contribution in [0, 0.1) is 13.8 Å². The van der Waals surface area contributed by atoms with Crippen LogP contribution < -0.4 is 19.5 Å². The van der Waals surface area contributed by atoms with Gasteiger partial charge < -0.3 is 9.47 Å². The summed E-state index contributed by atoms with van der Waals surface area (Å²) in [7, 11) is -4.52. The van der Waals surface area contributed by atoms with Crippen LogP contribution in [-0.2, 0) is 16.4 Å². The molecule has 0 aliphatic carbocycles. The van der Waals surface area contributed by atoms with E-state index in [1.54, 1.807) is 11.6 Å². The molecule has 2 N–H and O–H groups in total. The number of nitrogens with one attached hydrogen (secondary N) is 2. The highest BCUT2D eigenvalue weighted by Gasteiger charge is 2.27. The summed E-state index contributed by atoms with van der Waals surface area (Å²) in [4.78, 5) is 19.7. The SMILES string of the molecule is Cc1cccc(OC(F)F)c1S(=O)(=O)NC(=O)Nc1nc(C)c2c(n1)OCC2. The van der Waals surface area contributed by atoms with Crippen LogP contribution in [0.25, 0.3) is 0 Å². The molecule has 1 aromatic heterocycles. The molecular formula is C16H16F2N4O5S. The summed E-state index contributed by atoms with van der Waals surface area (Å²) in [6, 6.07) is 2.64. The summed E-state index contributed by atoms with van der Waals surface area (Å²) in [5, 5.41) is 2.20. The van der Waals surface area contributed by atoms with Gasteiger partial charge in [-0.3, -0.25) is 5.32 Å². The van der Waals surface area contributed by atoms with Gasteiger partial charge in [-0.1, -0.05) is 12.1 Å². The number of sulfonamides is 1. The first-order chi connectivity index (χ1) is 13.2. The van der Waals surface area contributed by atoms with Gasteiger partial charge in [0.2, 0.25) is 11.8 Å². The van der Waals surface area contributed by atoms with Crippen LogP contribution in [0.5, 0.6) is 11.6 Å². The van der Waals surface area contributed by atoms with Crippen molar-refractivity contribution in [3.8, 4) is 11.6 Å². The number of rotatable bonds is 5. The number of carbonyl (C=O) groups is 1. The first-order valence-corrected chi connectivity index (χ1v) is 9.54. The first-order valence-electron chi connectivity index (χ1n) is 8.06. The molecule has 0 bridgehead atoms. The second-order valence-electron chi connectivity index (χ2n) is 5.86. The molecule has 2 amide bonds. The van der Waals surface area contributed by atoms with Crippen molar-refractivity contribution >= 4 is 22.0 Å². The smallest absolute Gasteiger partial charge is 0.387 e. The van der Waals surface area contributed by atoms with Crippen molar-refractivity contribution in [1.82, 2.24) is 14.7 Å². The molecule has 2 heterocycles. The van der Waals surface area contributed by atoms with Gasteiger partial charge in [-0.2, -0.15) is 13.8 Å². The number of ether oxygens (including phenoxy) is 2. The van der Waals surface area contributed by atoms with Gasteiger partial charge >= 0.3 is 12.6 Å². The van der Waals surface area contributed by atoms with Crippen molar-refractivity contribution < 1.29 is 31.5 Å². The van der Waals surface area contributed by atoms with Gasteiger partial charge in [-0.15, -0.1) is 0 Å². The Labute approximate surface area is 159 Å². The van der Waals surface area contributed by atoms with E-state index < -0.39 is 33.3 Å². The zero-order valence-corrected chi connectivity index (χ0v) is 15.6. The van der Waals surface area contributed by atoms with E-state index in [0.29, 0.717) is 24.6 Å². The summed E-state index contributed by atoms with van der Waals surface area (Å²) in [5.41, 5.74) is 1.52. The lowest BCUT2D eigenvalue weighted by Crippen LogP contribution is -2.35. The second kappa shape index (κ2) is 7.54. The maximum Gasteiger partial charge on any atom is 0.387 e. The number of fused-ring (bicyclic) bond motifs is 1. The van der Waals surface area contributed by atoms with E-state index in [2.05, 4.69) is 20.0 Å². The third-order valence-corrected chi connectivity index (χ3v) is 5.39. The number of carbonyl (C=O) groups excluding carboxylic acids is 1. The van der Waals surface area contributed by atoms with Gasteiger partial charge in [0.15, 0.2) is 0 Å². The van der Waals surface area contributed by atoms with Crippen molar-refractivity contribution in [2.75, 3.05) is 11.9 Å². The van der Waals surface area contributed by atoms with E-state index in [-0.39, 0.29) is 11.5 Å². The average molecular weight is 414 g/mol. The van der Waals surface area contributed by atoms with Crippen LogP contribution in [0.15, 0.2) is 23.1 Å². The number of aromatic nitrogens is 2. The zero-order chi connectivity index (χ0) is 20.5. The molecule has 150 valence electrons. The molecule has 0 saturated carbocycles. The Kier molecular flexibility index (Phi) is 5.31. The third kappa shape index (κ3) is 4.11. The molecule has 0 fully saturated rings. The summed E-state index contributed by atoms with van der Waals surface area (Å²) in [6.07, 6.45) is 0.641. The number of nitrogens with zero attached hydrogens (tertiary/aromatic N) is 2. The highest BCUT2D eigenvalue weighted by Crippen LogP contribution is 2.29. The Balaban J connectivity index is 1.82. The number of anilines is 1. The van der Waals surface area contributed by atoms with Gasteiger partial charge in [0.1, 0.15) is 10.6 Å². The van der Waals surface area contributed by atoms with Crippen LogP contribution in [0.2, 0.25) is 0 Å². The van der Waals surface area contributed by atoms with Crippen molar-refractivity contribution in [3.05, 3.63) is 35.0 Å². The average Bonchev–Trinajstić information content (AvgIpc) is 3.02. The van der Waals surface area contributed by atoms with Crippen LogP contribution >= 0.6 is 0 Å². The molecule has 0 saturated heterocycles. The Morgan fingerprint density at radius 1 is 1.29 bits per heavy atom. The summed E-state index contributed by atoms with van der Waals surface area (Å²) < 4.78 is 61.5. The molecule has 0 spiro atoms. The number of halogens is 2. The van der Waals surface area contributed by atoms with Gasteiger partial charge in [0.25, 0.3) is 10.0 Å². The van der Waals surface area contributed by atoms with E-state index in [0.717, 1.165) is 11.6 Å². The molecule has 1 aromatic carbocycles. The van der Waals surface area contributed by atoms with Crippen LogP contribution in [0.4, 0.5) is 19.5 Å². The Hall–Kier alpha value is -3.02. The number of amides is 2. The monoisotopic (exact) mass is 414 g/mol. The highest BCUT2D eigenvalue weighted by atomic mass is 32.2. The lowest BCUT2D eigenvalue weighted by Gasteiger charge is -2.14. The molecule has 12 heteroatoms. The predicted molar refractivity (Wildman–Crippen MR) is 93.1 cm³/mol. The van der Waals surface area contributed by atoms with Crippen molar-refractivity contribution in [3.63, 3.8) is 0 Å². The quantitative estimate of drug-likeness (QED) is 0.769. The number of alkyl halides is 2. The molecule has 2 aromatic rings. The Morgan fingerprint density at radius 3 is 2.75 bits per heavy atom. The second-order valence-corrected chi connectivity index (χ2v) is 7.47. The fourth-order valence-corrected chi connectivity index (χ4v) is 4.01. The van der Waals surface area contributed by atoms with E-state index in [1.807, 2.05) is 0 Å². The molecule has 0 atom stereocenters. The molecule has 28 heavy (non-hydrogen) atoms. The Morgan fingerprint density at radius 2 is 2.04 bits per heavy atom. The largest absolute Gasteiger partial charge is 0.477 e. The minimum atomic E-state index is -4.52. The molecule has 0 radical (unpaired) electrons. The molecule has 0 unspecified atom stereocenters. The maximum absolute atomic E-state index is 12.6. The van der Waals surface area contributed by atoms with Crippen molar-refractivity contribution in [2.45, 2.75) is 31.8 Å². The summed E-state index contributed by atoms with van der Waals surface area (Å²) in [5.74, 6) is -0.412. The van der Waals surface area contributed by atoms with E-state index >= 15 is 0 Å². The van der Waals surface area contributed by atoms with Gasteiger partial charge in [0.05, 0.1) is 12.3 Å². The molecule has 1 aliphatic rings. The molecule has 9 nitrogen and oxygen atoms in total. The summed E-state index contributed by atoms with van der Waals surface area (Å²) >= 11 is 0. The van der Waals surface area contributed by atoms with Gasteiger partial charge in [-0.05, 0) is 25.5 Å². The van der Waals surface area contributed by atoms with Gasteiger partial charge in [-0.25, -0.2) is 22.9 Å². The van der Waals surface area contributed by atoms with E-state index in [1.165, 1.54) is 19.1 Å². The zero-order valence-electron chi connectivity index (χ0n) is 14.8. The van der Waals surface area contributed by atoms with Crippen LogP contribution in [0.3, 0.4) is 0 Å². The van der Waals surface area contributed by atoms with Crippen LogP contribution in [0.1, 0.15) is 16.8 Å². The van der Waals surface area contributed by atoms with Crippen molar-refractivity contribution in [1.29, 1.82) is 0 Å². The highest BCUT2D eigenvalue weighted by molar-refractivity contribution is 7.90. The lowest BCUT2D eigenvalue weighted by molar-refractivity contribution is -0.0517. The predicted octanol–water partition coefficient (Wildman–Crippen LogP) is 2.14. The molecule has 1 aliphatic heterocycles. The fraction of sp³-hybridized carbons (Fsp3) is 0.312. The summed E-state index contributed by atoms with van der Waals surface area (Å²) in [6.45, 7) is 0.299. The number of hydrogen-bond donors (Lipinski definition) is 2. The maximum atomic E-state index is 12.6. The number of urea groups is 1. The normalized spacial score (nSPS) is 13.0. The number of benzene rings is 1. The van der Waals surface area contributed by atoms with E-state index in [9.17, 15) is 22.0 Å². The van der Waals surface area contributed by atoms with Gasteiger partial charge in [0, 0.05) is 12.0 Å². The van der Waals surface area contributed by atoms with Crippen LogP contribution in [-0.4, -0.2) is 37.6 Å². The standard InChI is InChI=1S/C16H16F2N4O5S/c1-8-4-3-5-11(27-14(17)18)12(8)28(24,25)22-16(23)21-15-19-9(2)10-6-7-26-13(10)20-15/h3-5,14H,6-7H2,1-2H3,(H2,19,20,21,22,23).